The molecule has 0 spiro atoms. The molecule has 5 unspecified atom stereocenters. The molecule has 9 atom stereocenters. The van der Waals surface area contributed by atoms with Crippen molar-refractivity contribution in [2.75, 3.05) is 18.9 Å². The van der Waals surface area contributed by atoms with Gasteiger partial charge in [0.15, 0.2) is 24.0 Å². The molecule has 2 aromatic rings. The molecule has 39 heavy (non-hydrogen) atoms. The first-order valence-corrected chi connectivity index (χ1v) is 13.5. The maximum absolute atomic E-state index is 11.5. The molecule has 23 heteroatoms. The second kappa shape index (κ2) is 13.5. The fraction of sp³-hybridized carbons (Fsp3) is 0.625. The first-order chi connectivity index (χ1) is 18.0. The number of hydrogen-bond acceptors (Lipinski definition) is 17. The van der Waals surface area contributed by atoms with E-state index in [2.05, 4.69) is 23.8 Å². The number of nitrogen functional groups attached to an aromatic ring is 1. The maximum Gasteiger partial charge on any atom is 0.481 e. The zero-order chi connectivity index (χ0) is 29.7. The molecule has 3 rings (SSSR count). The molecule has 12 N–H and O–H groups in total. The Morgan fingerprint density at radius 2 is 1.72 bits per heavy atom. The number of phosphoric ester groups is 1. The highest BCUT2D eigenvalue weighted by atomic mass is 31.3. The molecular formula is C16H27N5O16P2. The number of phosphoric acid groups is 2. The van der Waals surface area contributed by atoms with Gasteiger partial charge in [-0.1, -0.05) is 0 Å². The van der Waals surface area contributed by atoms with Gasteiger partial charge in [0, 0.05) is 0 Å². The molecule has 21 nitrogen and oxygen atoms in total. The fourth-order valence-corrected chi connectivity index (χ4v) is 4.70. The van der Waals surface area contributed by atoms with E-state index in [4.69, 9.17) is 45.8 Å². The number of carbonyl (C=O) groups excluding carboxylic acids is 1. The average Bonchev–Trinajstić information content (AvgIpc) is 3.41. The second-order valence-electron chi connectivity index (χ2n) is 7.82. The molecule has 0 amide bonds. The molecule has 2 aromatic heterocycles. The van der Waals surface area contributed by atoms with Gasteiger partial charge < -0.3 is 65.7 Å². The van der Waals surface area contributed by atoms with E-state index >= 15 is 0 Å². The average molecular weight is 607 g/mol. The van der Waals surface area contributed by atoms with Gasteiger partial charge in [0.1, 0.15) is 54.6 Å². The zero-order valence-electron chi connectivity index (χ0n) is 19.4. The van der Waals surface area contributed by atoms with Crippen molar-refractivity contribution in [2.24, 2.45) is 0 Å². The third kappa shape index (κ3) is 8.72. The Morgan fingerprint density at radius 3 is 2.28 bits per heavy atom. The number of carbonyl (C=O) groups is 1. The minimum Gasteiger partial charge on any atom is -0.394 e. The van der Waals surface area contributed by atoms with Crippen LogP contribution in [0.25, 0.3) is 11.2 Å². The maximum atomic E-state index is 11.5. The molecule has 1 aliphatic heterocycles. The number of rotatable bonds is 11. The third-order valence-corrected chi connectivity index (χ3v) is 7.18. The van der Waals surface area contributed by atoms with Crippen LogP contribution >= 0.6 is 15.6 Å². The van der Waals surface area contributed by atoms with Crippen molar-refractivity contribution in [2.45, 2.75) is 49.0 Å². The normalized spacial score (nSPS) is 26.2. The summed E-state index contributed by atoms with van der Waals surface area (Å²) in [4.78, 5) is 48.0. The van der Waals surface area contributed by atoms with E-state index in [1.54, 1.807) is 0 Å². The molecule has 0 bridgehead atoms. The first-order valence-electron chi connectivity index (χ1n) is 10.5. The number of anilines is 1. The number of imidazole rings is 1. The van der Waals surface area contributed by atoms with Crippen LogP contribution in [0, 0.1) is 0 Å². The van der Waals surface area contributed by atoms with E-state index < -0.39 is 77.8 Å². The minimum absolute atomic E-state index is 0.0258. The van der Waals surface area contributed by atoms with Crippen molar-refractivity contribution in [3.63, 3.8) is 0 Å². The monoisotopic (exact) mass is 607 g/mol. The van der Waals surface area contributed by atoms with Crippen LogP contribution in [0.3, 0.4) is 0 Å². The summed E-state index contributed by atoms with van der Waals surface area (Å²) in [6.07, 6.45) is -10.0. The van der Waals surface area contributed by atoms with Gasteiger partial charge in [0.2, 0.25) is 0 Å². The fourth-order valence-electron chi connectivity index (χ4n) is 3.10. The van der Waals surface area contributed by atoms with E-state index in [0.717, 1.165) is 6.33 Å². The Hall–Kier alpha value is -2.04. The van der Waals surface area contributed by atoms with Crippen molar-refractivity contribution in [1.29, 1.82) is 0 Å². The van der Waals surface area contributed by atoms with Crippen LogP contribution in [0.5, 0.6) is 0 Å². The highest BCUT2D eigenvalue weighted by Gasteiger charge is 2.46. The van der Waals surface area contributed by atoms with E-state index in [9.17, 15) is 29.0 Å². The van der Waals surface area contributed by atoms with Crippen LogP contribution in [0.2, 0.25) is 0 Å². The highest BCUT2D eigenvalue weighted by molar-refractivity contribution is 7.60. The summed E-state index contributed by atoms with van der Waals surface area (Å²) in [5, 5.41) is 63.8. The lowest BCUT2D eigenvalue weighted by Crippen LogP contribution is -2.46. The van der Waals surface area contributed by atoms with Gasteiger partial charge in [0.05, 0.1) is 19.5 Å². The summed E-state index contributed by atoms with van der Waals surface area (Å²) in [7, 11) is -10.4. The molecule has 0 aliphatic carbocycles. The molecule has 3 heterocycles. The number of aldehydes is 1. The Bertz CT molecular complexity index is 1200. The van der Waals surface area contributed by atoms with Crippen LogP contribution in [-0.2, 0) is 27.5 Å². The molecule has 1 aliphatic rings. The number of nitrogens with zero attached hydrogens (tertiary/aromatic N) is 4. The third-order valence-electron chi connectivity index (χ3n) is 5.03. The molecule has 0 radical (unpaired) electrons. The van der Waals surface area contributed by atoms with Crippen LogP contribution in [-0.4, -0.2) is 132 Å². The van der Waals surface area contributed by atoms with Crippen molar-refractivity contribution < 1.29 is 77.9 Å². The largest absolute Gasteiger partial charge is 0.481 e. The predicted octanol–water partition coefficient (Wildman–Crippen LogP) is -5.12. The SMILES string of the molecule is Nc1ncnc2c1ncn2[C@@H]1O[C@H](COP(=O)(O)OP(=O)(O)O)[C@@H](O)[C@H]1O.O=CC(O)C(O)C(O)C(O)CO. The lowest BCUT2D eigenvalue weighted by atomic mass is 10.0. The number of aliphatic hydroxyl groups is 7. The molecule has 0 saturated carbocycles. The lowest BCUT2D eigenvalue weighted by molar-refractivity contribution is -0.136. The topological polar surface area (TPSA) is 351 Å². The lowest BCUT2D eigenvalue weighted by Gasteiger charge is -2.22. The molecule has 1 fully saturated rings. The van der Waals surface area contributed by atoms with E-state index in [0.29, 0.717) is 0 Å². The number of ether oxygens (including phenoxy) is 1. The molecule has 222 valence electrons. The number of fused-ring (bicyclic) bond motifs is 1. The minimum atomic E-state index is -5.29. The summed E-state index contributed by atoms with van der Waals surface area (Å²) < 4.78 is 36.8. The quantitative estimate of drug-likeness (QED) is 0.0840. The summed E-state index contributed by atoms with van der Waals surface area (Å²) in [5.74, 6) is 0.0856. The zero-order valence-corrected chi connectivity index (χ0v) is 21.2. The Morgan fingerprint density at radius 1 is 1.08 bits per heavy atom. The summed E-state index contributed by atoms with van der Waals surface area (Å²) in [6.45, 7) is -1.57. The number of nitrogens with two attached hydrogens (primary N) is 1. The number of hydrogen-bond donors (Lipinski definition) is 11. The first kappa shape index (κ1) is 33.2. The predicted molar refractivity (Wildman–Crippen MR) is 122 cm³/mol. The van der Waals surface area contributed by atoms with E-state index in [1.165, 1.54) is 10.9 Å². The summed E-state index contributed by atoms with van der Waals surface area (Å²) in [6, 6.07) is 0. The van der Waals surface area contributed by atoms with Gasteiger partial charge in [-0.25, -0.2) is 24.1 Å². The van der Waals surface area contributed by atoms with Gasteiger partial charge in [-0.15, -0.1) is 0 Å². The van der Waals surface area contributed by atoms with Crippen molar-refractivity contribution >= 4 is 38.9 Å². The van der Waals surface area contributed by atoms with Crippen molar-refractivity contribution in [3.05, 3.63) is 12.7 Å². The van der Waals surface area contributed by atoms with Crippen molar-refractivity contribution in [3.8, 4) is 0 Å². The van der Waals surface area contributed by atoms with Gasteiger partial charge in [-0.05, 0) is 0 Å². The number of aromatic nitrogens is 4. The van der Waals surface area contributed by atoms with Crippen molar-refractivity contribution in [1.82, 2.24) is 19.5 Å². The molecule has 1 saturated heterocycles. The standard InChI is InChI=1S/C10H15N5O10P2.C6H12O6/c11-8-5-9(13-2-12-8)15(3-14-5)10-7(17)6(16)4(24-10)1-23-27(21,22)25-26(18,19)20;7-1-3(9)5(11)6(12)4(10)2-8/h2-4,6-7,10,16-17H,1H2,(H,21,22)(H2,11,12,13)(H2,18,19,20);1,3-6,8-12H,2H2/t4-,6-,7-,10-;/m1./s1. The highest BCUT2D eigenvalue weighted by Crippen LogP contribution is 2.57. The van der Waals surface area contributed by atoms with E-state index in [1.807, 2.05) is 0 Å². The van der Waals surface area contributed by atoms with E-state index in [-0.39, 0.29) is 23.3 Å². The van der Waals surface area contributed by atoms with Gasteiger partial charge >= 0.3 is 15.6 Å². The van der Waals surface area contributed by atoms with Crippen LogP contribution < -0.4 is 5.73 Å². The van der Waals surface area contributed by atoms with Gasteiger partial charge in [-0.2, -0.15) is 4.31 Å². The molecular weight excluding hydrogens is 580 g/mol. The smallest absolute Gasteiger partial charge is 0.394 e. The van der Waals surface area contributed by atoms with Crippen LogP contribution in [0.4, 0.5) is 5.82 Å². The van der Waals surface area contributed by atoms with Gasteiger partial charge in [-0.3, -0.25) is 9.09 Å². The van der Waals surface area contributed by atoms with Gasteiger partial charge in [0.25, 0.3) is 0 Å². The number of aliphatic hydroxyl groups excluding tert-OH is 7. The second-order valence-corrected chi connectivity index (χ2v) is 10.7. The van der Waals surface area contributed by atoms with Crippen LogP contribution in [0.1, 0.15) is 6.23 Å². The Kier molecular flexibility index (Phi) is 11.5. The Balaban J connectivity index is 0.000000377. The Labute approximate surface area is 217 Å². The molecule has 0 aromatic carbocycles. The summed E-state index contributed by atoms with van der Waals surface area (Å²) >= 11 is 0. The summed E-state index contributed by atoms with van der Waals surface area (Å²) in [5.41, 5.74) is 6.11. The van der Waals surface area contributed by atoms with Crippen LogP contribution in [0.15, 0.2) is 12.7 Å².